The van der Waals surface area contributed by atoms with E-state index in [1.807, 2.05) is 13.0 Å². The number of hydrogen-bond donors (Lipinski definition) is 2. The molecule has 2 aliphatic carbocycles. The highest BCUT2D eigenvalue weighted by molar-refractivity contribution is 6.31. The molecule has 0 unspecified atom stereocenters. The lowest BCUT2D eigenvalue weighted by molar-refractivity contribution is -0.134. The molecule has 22 heavy (non-hydrogen) atoms. The van der Waals surface area contributed by atoms with Crippen molar-refractivity contribution in [3.05, 3.63) is 28.8 Å². The summed E-state index contributed by atoms with van der Waals surface area (Å²) in [5, 5.41) is 6.49. The second-order valence-electron chi connectivity index (χ2n) is 6.45. The summed E-state index contributed by atoms with van der Waals surface area (Å²) in [6, 6.07) is 5.60. The number of amides is 2. The van der Waals surface area contributed by atoms with Crippen molar-refractivity contribution in [1.82, 2.24) is 5.32 Å². The minimum absolute atomic E-state index is 0.114. The van der Waals surface area contributed by atoms with E-state index in [-0.39, 0.29) is 17.9 Å². The highest BCUT2D eigenvalue weighted by Gasteiger charge is 2.56. The van der Waals surface area contributed by atoms with Gasteiger partial charge in [-0.1, -0.05) is 30.5 Å². The Balaban J connectivity index is 1.68. The smallest absolute Gasteiger partial charge is 0.240 e. The molecule has 4 nitrogen and oxygen atoms in total. The minimum atomic E-state index is -0.878. The lowest BCUT2D eigenvalue weighted by atomic mass is 10.0. The number of rotatable bonds is 4. The van der Waals surface area contributed by atoms with Crippen LogP contribution in [0.5, 0.6) is 0 Å². The average Bonchev–Trinajstić information content (AvgIpc) is 3.15. The molecule has 3 rings (SSSR count). The van der Waals surface area contributed by atoms with Crippen molar-refractivity contribution in [3.8, 4) is 0 Å². The highest BCUT2D eigenvalue weighted by atomic mass is 35.5. The number of aryl methyl sites for hydroxylation is 1. The second kappa shape index (κ2) is 5.92. The van der Waals surface area contributed by atoms with E-state index in [0.717, 1.165) is 31.2 Å². The number of nitrogens with one attached hydrogen (secondary N) is 2. The van der Waals surface area contributed by atoms with Crippen molar-refractivity contribution in [2.24, 2.45) is 5.41 Å². The van der Waals surface area contributed by atoms with Crippen LogP contribution in [0.25, 0.3) is 0 Å². The number of carbonyl (C=O) groups excluding carboxylic acids is 2. The van der Waals surface area contributed by atoms with Gasteiger partial charge < -0.3 is 10.6 Å². The zero-order chi connectivity index (χ0) is 15.7. The standard InChI is InChI=1S/C17H21ClN2O2/c1-11-6-7-12(18)10-14(11)20-16(22)17(8-9-17)15(21)19-13-4-2-3-5-13/h6-7,10,13H,2-5,8-9H2,1H3,(H,19,21)(H,20,22). The molecular formula is C17H21ClN2O2. The molecule has 0 radical (unpaired) electrons. The molecule has 0 bridgehead atoms. The van der Waals surface area contributed by atoms with Gasteiger partial charge in [0, 0.05) is 16.8 Å². The Morgan fingerprint density at radius 3 is 2.50 bits per heavy atom. The fourth-order valence-corrected chi connectivity index (χ4v) is 3.22. The summed E-state index contributed by atoms with van der Waals surface area (Å²) >= 11 is 5.98. The van der Waals surface area contributed by atoms with Crippen LogP contribution in [0.15, 0.2) is 18.2 Å². The third kappa shape index (κ3) is 2.98. The third-order valence-corrected chi connectivity index (χ3v) is 4.99. The Bertz CT molecular complexity index is 605. The number of benzene rings is 1. The average molecular weight is 321 g/mol. The van der Waals surface area contributed by atoms with E-state index >= 15 is 0 Å². The van der Waals surface area contributed by atoms with Crippen LogP contribution in [0.3, 0.4) is 0 Å². The third-order valence-electron chi connectivity index (χ3n) is 4.76. The fourth-order valence-electron chi connectivity index (χ4n) is 3.05. The van der Waals surface area contributed by atoms with Crippen LogP contribution in [0.1, 0.15) is 44.1 Å². The summed E-state index contributed by atoms with van der Waals surface area (Å²) in [5.74, 6) is -0.329. The number of anilines is 1. The van der Waals surface area contributed by atoms with Crippen LogP contribution in [-0.2, 0) is 9.59 Å². The van der Waals surface area contributed by atoms with Gasteiger partial charge in [-0.2, -0.15) is 0 Å². The van der Waals surface area contributed by atoms with Gasteiger partial charge in [0.15, 0.2) is 0 Å². The Kier molecular flexibility index (Phi) is 4.13. The molecule has 5 heteroatoms. The van der Waals surface area contributed by atoms with Gasteiger partial charge in [-0.25, -0.2) is 0 Å². The van der Waals surface area contributed by atoms with Gasteiger partial charge >= 0.3 is 0 Å². The lowest BCUT2D eigenvalue weighted by Crippen LogP contribution is -2.43. The maximum Gasteiger partial charge on any atom is 0.240 e. The summed E-state index contributed by atoms with van der Waals surface area (Å²) < 4.78 is 0. The second-order valence-corrected chi connectivity index (χ2v) is 6.89. The summed E-state index contributed by atoms with van der Waals surface area (Å²) in [7, 11) is 0. The number of carbonyl (C=O) groups is 2. The first-order valence-corrected chi connectivity index (χ1v) is 8.28. The van der Waals surface area contributed by atoms with Crippen molar-refractivity contribution < 1.29 is 9.59 Å². The Labute approximate surface area is 135 Å². The summed E-state index contributed by atoms with van der Waals surface area (Å²) in [5.41, 5.74) is 0.736. The molecular weight excluding hydrogens is 300 g/mol. The maximum atomic E-state index is 12.6. The van der Waals surface area contributed by atoms with Crippen molar-refractivity contribution >= 4 is 29.1 Å². The molecule has 2 amide bonds. The van der Waals surface area contributed by atoms with E-state index in [1.165, 1.54) is 0 Å². The highest BCUT2D eigenvalue weighted by Crippen LogP contribution is 2.47. The van der Waals surface area contributed by atoms with E-state index in [0.29, 0.717) is 23.6 Å². The summed E-state index contributed by atoms with van der Waals surface area (Å²) in [6.45, 7) is 1.91. The van der Waals surface area contributed by atoms with E-state index in [1.54, 1.807) is 12.1 Å². The van der Waals surface area contributed by atoms with Crippen molar-refractivity contribution in [1.29, 1.82) is 0 Å². The molecule has 1 aromatic carbocycles. The molecule has 2 N–H and O–H groups in total. The zero-order valence-corrected chi connectivity index (χ0v) is 13.5. The van der Waals surface area contributed by atoms with Crippen LogP contribution in [0.2, 0.25) is 5.02 Å². The molecule has 2 saturated carbocycles. The Morgan fingerprint density at radius 2 is 1.86 bits per heavy atom. The molecule has 118 valence electrons. The van der Waals surface area contributed by atoms with Gasteiger partial charge in [-0.05, 0) is 50.3 Å². The van der Waals surface area contributed by atoms with Crippen molar-refractivity contribution in [3.63, 3.8) is 0 Å². The first-order chi connectivity index (χ1) is 10.5. The van der Waals surface area contributed by atoms with Gasteiger partial charge in [-0.15, -0.1) is 0 Å². The summed E-state index contributed by atoms with van der Waals surface area (Å²) in [6.07, 6.45) is 5.61. The zero-order valence-electron chi connectivity index (χ0n) is 12.7. The molecule has 0 aliphatic heterocycles. The molecule has 2 aliphatic rings. The Hall–Kier alpha value is -1.55. The van der Waals surface area contributed by atoms with Gasteiger partial charge in [-0.3, -0.25) is 9.59 Å². The molecule has 1 aromatic rings. The molecule has 0 spiro atoms. The quantitative estimate of drug-likeness (QED) is 0.835. The van der Waals surface area contributed by atoms with Gasteiger partial charge in [0.25, 0.3) is 0 Å². The van der Waals surface area contributed by atoms with Crippen LogP contribution in [-0.4, -0.2) is 17.9 Å². The monoisotopic (exact) mass is 320 g/mol. The fraction of sp³-hybridized carbons (Fsp3) is 0.529. The van der Waals surface area contributed by atoms with Crippen LogP contribution in [0.4, 0.5) is 5.69 Å². The normalized spacial score (nSPS) is 19.7. The van der Waals surface area contributed by atoms with Crippen molar-refractivity contribution in [2.45, 2.75) is 51.5 Å². The number of hydrogen-bond acceptors (Lipinski definition) is 2. The minimum Gasteiger partial charge on any atom is -0.352 e. The predicted octanol–water partition coefficient (Wildman–Crippen LogP) is 3.43. The molecule has 0 aromatic heterocycles. The lowest BCUT2D eigenvalue weighted by Gasteiger charge is -2.19. The van der Waals surface area contributed by atoms with Crippen LogP contribution in [0, 0.1) is 12.3 Å². The maximum absolute atomic E-state index is 12.6. The van der Waals surface area contributed by atoms with Gasteiger partial charge in [0.1, 0.15) is 5.41 Å². The largest absolute Gasteiger partial charge is 0.352 e. The Morgan fingerprint density at radius 1 is 1.18 bits per heavy atom. The molecule has 0 saturated heterocycles. The number of halogens is 1. The van der Waals surface area contributed by atoms with Gasteiger partial charge in [0.2, 0.25) is 11.8 Å². The van der Waals surface area contributed by atoms with E-state index in [4.69, 9.17) is 11.6 Å². The molecule has 2 fully saturated rings. The molecule has 0 heterocycles. The summed E-state index contributed by atoms with van der Waals surface area (Å²) in [4.78, 5) is 25.0. The van der Waals surface area contributed by atoms with Crippen LogP contribution < -0.4 is 10.6 Å². The topological polar surface area (TPSA) is 58.2 Å². The van der Waals surface area contributed by atoms with E-state index < -0.39 is 5.41 Å². The SMILES string of the molecule is Cc1ccc(Cl)cc1NC(=O)C1(C(=O)NC2CCCC2)CC1. The van der Waals surface area contributed by atoms with Gasteiger partial charge in [0.05, 0.1) is 0 Å². The van der Waals surface area contributed by atoms with E-state index in [2.05, 4.69) is 10.6 Å². The van der Waals surface area contributed by atoms with E-state index in [9.17, 15) is 9.59 Å². The first-order valence-electron chi connectivity index (χ1n) is 7.90. The first kappa shape index (κ1) is 15.3. The van der Waals surface area contributed by atoms with Crippen molar-refractivity contribution in [2.75, 3.05) is 5.32 Å². The molecule has 0 atom stereocenters. The van der Waals surface area contributed by atoms with Crippen LogP contribution >= 0.6 is 11.6 Å². The predicted molar refractivity (Wildman–Crippen MR) is 86.9 cm³/mol.